The zero-order valence-electron chi connectivity index (χ0n) is 10.7. The fourth-order valence-corrected chi connectivity index (χ4v) is 1.20. The Bertz CT molecular complexity index is 152. The van der Waals surface area contributed by atoms with Gasteiger partial charge < -0.3 is 19.7 Å². The molecule has 3 atom stereocenters. The monoisotopic (exact) mass is 234 g/mol. The lowest BCUT2D eigenvalue weighted by molar-refractivity contribution is -0.0657. The third-order valence-electron chi connectivity index (χ3n) is 2.34. The Balaban J connectivity index is 3.45. The molecule has 0 aromatic heterocycles. The van der Waals surface area contributed by atoms with Crippen LogP contribution in [0.25, 0.3) is 0 Å². The average molecular weight is 234 g/mol. The molecule has 0 spiro atoms. The van der Waals surface area contributed by atoms with Crippen molar-refractivity contribution < 1.29 is 19.7 Å². The van der Waals surface area contributed by atoms with Gasteiger partial charge in [-0.25, -0.2) is 0 Å². The second kappa shape index (κ2) is 10.0. The van der Waals surface area contributed by atoms with Crippen LogP contribution in [0.4, 0.5) is 0 Å². The van der Waals surface area contributed by atoms with Crippen molar-refractivity contribution in [3.05, 3.63) is 0 Å². The Morgan fingerprint density at radius 3 is 2.25 bits per heavy atom. The summed E-state index contributed by atoms with van der Waals surface area (Å²) in [4.78, 5) is 0. The number of ether oxygens (including phenoxy) is 2. The maximum atomic E-state index is 9.55. The summed E-state index contributed by atoms with van der Waals surface area (Å²) >= 11 is 0. The van der Waals surface area contributed by atoms with Gasteiger partial charge in [0.05, 0.1) is 38.1 Å². The predicted molar refractivity (Wildman–Crippen MR) is 63.4 cm³/mol. The smallest absolute Gasteiger partial charge is 0.0781 e. The molecule has 0 rings (SSSR count). The van der Waals surface area contributed by atoms with Crippen molar-refractivity contribution in [1.29, 1.82) is 0 Å². The predicted octanol–water partition coefficient (Wildman–Crippen LogP) is 1.34. The molecule has 16 heavy (non-hydrogen) atoms. The summed E-state index contributed by atoms with van der Waals surface area (Å²) in [5.74, 6) is 0. The molecule has 0 amide bonds. The Morgan fingerprint density at radius 1 is 1.06 bits per heavy atom. The number of hydrogen-bond donors (Lipinski definition) is 2. The summed E-state index contributed by atoms with van der Waals surface area (Å²) in [5.41, 5.74) is 0. The van der Waals surface area contributed by atoms with Crippen LogP contribution in [-0.2, 0) is 9.47 Å². The standard InChI is InChI=1S/C12H26O4/c1-4-5-6-12(14)9-16-11(3)8-15-10(2)7-13/h10-14H,4-9H2,1-3H3. The van der Waals surface area contributed by atoms with Gasteiger partial charge in [-0.05, 0) is 20.3 Å². The summed E-state index contributed by atoms with van der Waals surface area (Å²) < 4.78 is 10.7. The Kier molecular flexibility index (Phi) is 9.92. The molecule has 0 bridgehead atoms. The lowest BCUT2D eigenvalue weighted by Crippen LogP contribution is -2.26. The molecule has 2 N–H and O–H groups in total. The van der Waals surface area contributed by atoms with Gasteiger partial charge in [0.1, 0.15) is 0 Å². The second-order valence-electron chi connectivity index (χ2n) is 4.27. The van der Waals surface area contributed by atoms with Crippen LogP contribution >= 0.6 is 0 Å². The van der Waals surface area contributed by atoms with Gasteiger partial charge in [-0.3, -0.25) is 0 Å². The van der Waals surface area contributed by atoms with Gasteiger partial charge in [0.25, 0.3) is 0 Å². The molecule has 0 aromatic rings. The number of aliphatic hydroxyl groups excluding tert-OH is 2. The molecule has 4 heteroatoms. The third kappa shape index (κ3) is 9.09. The summed E-state index contributed by atoms with van der Waals surface area (Å²) in [7, 11) is 0. The highest BCUT2D eigenvalue weighted by Crippen LogP contribution is 2.03. The summed E-state index contributed by atoms with van der Waals surface area (Å²) in [5, 5.41) is 18.3. The molecule has 0 fully saturated rings. The number of hydrogen-bond acceptors (Lipinski definition) is 4. The Morgan fingerprint density at radius 2 is 1.69 bits per heavy atom. The molecule has 0 saturated carbocycles. The van der Waals surface area contributed by atoms with Crippen LogP contribution in [-0.4, -0.2) is 48.3 Å². The van der Waals surface area contributed by atoms with E-state index in [0.717, 1.165) is 19.3 Å². The van der Waals surface area contributed by atoms with Gasteiger partial charge in [0, 0.05) is 0 Å². The van der Waals surface area contributed by atoms with E-state index < -0.39 is 0 Å². The van der Waals surface area contributed by atoms with E-state index >= 15 is 0 Å². The molecule has 0 aliphatic carbocycles. The molecule has 0 aliphatic rings. The van der Waals surface area contributed by atoms with E-state index in [1.165, 1.54) is 0 Å². The first-order chi connectivity index (χ1) is 7.60. The van der Waals surface area contributed by atoms with Crippen LogP contribution in [0.1, 0.15) is 40.0 Å². The Labute approximate surface area is 98.6 Å². The number of rotatable bonds is 10. The normalized spacial score (nSPS) is 17.1. The molecule has 0 aromatic carbocycles. The first-order valence-electron chi connectivity index (χ1n) is 6.12. The van der Waals surface area contributed by atoms with Crippen molar-refractivity contribution >= 4 is 0 Å². The zero-order chi connectivity index (χ0) is 12.4. The first kappa shape index (κ1) is 15.8. The minimum absolute atomic E-state index is 0.0197. The summed E-state index contributed by atoms with van der Waals surface area (Å²) in [6.45, 7) is 6.63. The van der Waals surface area contributed by atoms with Gasteiger partial charge in [-0.1, -0.05) is 19.8 Å². The van der Waals surface area contributed by atoms with Crippen molar-refractivity contribution in [2.24, 2.45) is 0 Å². The lowest BCUT2D eigenvalue weighted by Gasteiger charge is -2.18. The van der Waals surface area contributed by atoms with Crippen LogP contribution < -0.4 is 0 Å². The van der Waals surface area contributed by atoms with Crippen LogP contribution in [0.2, 0.25) is 0 Å². The highest BCUT2D eigenvalue weighted by atomic mass is 16.5. The second-order valence-corrected chi connectivity index (χ2v) is 4.27. The van der Waals surface area contributed by atoms with E-state index in [1.54, 1.807) is 0 Å². The fourth-order valence-electron chi connectivity index (χ4n) is 1.20. The van der Waals surface area contributed by atoms with Crippen LogP contribution in [0, 0.1) is 0 Å². The molecule has 0 heterocycles. The summed E-state index contributed by atoms with van der Waals surface area (Å²) in [6.07, 6.45) is 2.32. The molecule has 98 valence electrons. The zero-order valence-corrected chi connectivity index (χ0v) is 10.7. The van der Waals surface area contributed by atoms with Crippen LogP contribution in [0.5, 0.6) is 0 Å². The van der Waals surface area contributed by atoms with Gasteiger partial charge >= 0.3 is 0 Å². The topological polar surface area (TPSA) is 58.9 Å². The minimum Gasteiger partial charge on any atom is -0.394 e. The van der Waals surface area contributed by atoms with Crippen molar-refractivity contribution in [2.75, 3.05) is 19.8 Å². The van der Waals surface area contributed by atoms with Gasteiger partial charge in [0.15, 0.2) is 0 Å². The van der Waals surface area contributed by atoms with Gasteiger partial charge in [-0.2, -0.15) is 0 Å². The number of aliphatic hydroxyl groups is 2. The lowest BCUT2D eigenvalue weighted by atomic mass is 10.2. The fraction of sp³-hybridized carbons (Fsp3) is 1.00. The summed E-state index contributed by atoms with van der Waals surface area (Å²) in [6, 6.07) is 0. The largest absolute Gasteiger partial charge is 0.394 e. The van der Waals surface area contributed by atoms with Crippen LogP contribution in [0.15, 0.2) is 0 Å². The van der Waals surface area contributed by atoms with Crippen molar-refractivity contribution in [2.45, 2.75) is 58.3 Å². The molecule has 0 saturated heterocycles. The van der Waals surface area contributed by atoms with E-state index in [4.69, 9.17) is 14.6 Å². The van der Waals surface area contributed by atoms with E-state index in [-0.39, 0.29) is 24.9 Å². The van der Waals surface area contributed by atoms with E-state index in [0.29, 0.717) is 13.2 Å². The van der Waals surface area contributed by atoms with Gasteiger partial charge in [-0.15, -0.1) is 0 Å². The highest BCUT2D eigenvalue weighted by Gasteiger charge is 2.09. The van der Waals surface area contributed by atoms with E-state index in [2.05, 4.69) is 6.92 Å². The van der Waals surface area contributed by atoms with Crippen molar-refractivity contribution in [3.63, 3.8) is 0 Å². The van der Waals surface area contributed by atoms with E-state index in [9.17, 15) is 5.11 Å². The number of unbranched alkanes of at least 4 members (excludes halogenated alkanes) is 1. The molecule has 3 unspecified atom stereocenters. The van der Waals surface area contributed by atoms with Gasteiger partial charge in [0.2, 0.25) is 0 Å². The first-order valence-corrected chi connectivity index (χ1v) is 6.12. The SMILES string of the molecule is CCCCC(O)COC(C)COC(C)CO. The molecular weight excluding hydrogens is 208 g/mol. The maximum Gasteiger partial charge on any atom is 0.0781 e. The molecule has 4 nitrogen and oxygen atoms in total. The van der Waals surface area contributed by atoms with Crippen molar-refractivity contribution in [3.8, 4) is 0 Å². The van der Waals surface area contributed by atoms with Crippen molar-refractivity contribution in [1.82, 2.24) is 0 Å². The average Bonchev–Trinajstić information content (AvgIpc) is 2.30. The van der Waals surface area contributed by atoms with E-state index in [1.807, 2.05) is 13.8 Å². The quantitative estimate of drug-likeness (QED) is 0.599. The minimum atomic E-state index is -0.377. The molecular formula is C12H26O4. The highest BCUT2D eigenvalue weighted by molar-refractivity contribution is 4.57. The van der Waals surface area contributed by atoms with Crippen LogP contribution in [0.3, 0.4) is 0 Å². The molecule has 0 radical (unpaired) electrons. The third-order valence-corrected chi connectivity index (χ3v) is 2.34. The maximum absolute atomic E-state index is 9.55. The molecule has 0 aliphatic heterocycles. The Hall–Kier alpha value is -0.160.